The van der Waals surface area contributed by atoms with Crippen LogP contribution in [0.4, 0.5) is 5.82 Å². The number of hydrogen-bond donors (Lipinski definition) is 2. The van der Waals surface area contributed by atoms with Gasteiger partial charge in [-0.3, -0.25) is 4.79 Å². The number of benzene rings is 3. The van der Waals surface area contributed by atoms with Gasteiger partial charge in [0.25, 0.3) is 0 Å². The Morgan fingerprint density at radius 1 is 0.900 bits per heavy atom. The molecule has 0 bridgehead atoms. The Morgan fingerprint density at radius 3 is 2.37 bits per heavy atom. The first-order valence-corrected chi connectivity index (χ1v) is 9.48. The van der Waals surface area contributed by atoms with Gasteiger partial charge in [0.15, 0.2) is 0 Å². The number of carbonyl (C=O) groups is 1. The third-order valence-electron chi connectivity index (χ3n) is 4.89. The lowest BCUT2D eigenvalue weighted by atomic mass is 10.1. The maximum atomic E-state index is 13.0. The minimum atomic E-state index is -0.195. The second kappa shape index (κ2) is 7.25. The van der Waals surface area contributed by atoms with Crippen molar-refractivity contribution in [1.29, 1.82) is 0 Å². The van der Waals surface area contributed by atoms with Crippen molar-refractivity contribution in [2.24, 2.45) is 0 Å². The van der Waals surface area contributed by atoms with E-state index in [4.69, 9.17) is 10.5 Å². The molecule has 0 spiro atoms. The Bertz CT molecular complexity index is 1300. The number of ether oxygens (including phenoxy) is 1. The number of carbonyl (C=O) groups excluding carboxylic acids is 1. The molecular weight excluding hydrogens is 376 g/mol. The van der Waals surface area contributed by atoms with Crippen LogP contribution in [-0.4, -0.2) is 20.5 Å². The quantitative estimate of drug-likeness (QED) is 0.413. The number of para-hydroxylation sites is 2. The highest BCUT2D eigenvalue weighted by Crippen LogP contribution is 2.25. The number of nitrogen functional groups attached to an aromatic ring is 1. The summed E-state index contributed by atoms with van der Waals surface area (Å²) in [4.78, 5) is 16.1. The molecule has 0 fully saturated rings. The minimum Gasteiger partial charge on any atom is -0.457 e. The van der Waals surface area contributed by atoms with Crippen LogP contribution in [0.2, 0.25) is 0 Å². The number of ketones is 1. The molecule has 146 valence electrons. The van der Waals surface area contributed by atoms with Gasteiger partial charge in [0.05, 0.1) is 23.1 Å². The van der Waals surface area contributed by atoms with Crippen molar-refractivity contribution in [2.75, 3.05) is 5.73 Å². The molecule has 2 heterocycles. The summed E-state index contributed by atoms with van der Waals surface area (Å²) < 4.78 is 7.35. The van der Waals surface area contributed by atoms with Crippen LogP contribution in [0.5, 0.6) is 11.5 Å². The lowest BCUT2D eigenvalue weighted by Crippen LogP contribution is -2.07. The Hall–Kier alpha value is -4.32. The van der Waals surface area contributed by atoms with Crippen LogP contribution in [-0.2, 0) is 0 Å². The molecule has 0 unspecified atom stereocenters. The molecule has 5 rings (SSSR count). The number of hydrogen-bond acceptors (Lipinski definition) is 4. The summed E-state index contributed by atoms with van der Waals surface area (Å²) in [7, 11) is 0. The number of fused-ring (bicyclic) bond motifs is 1. The third-order valence-corrected chi connectivity index (χ3v) is 4.89. The Balaban J connectivity index is 1.40. The van der Waals surface area contributed by atoms with E-state index in [1.54, 1.807) is 4.68 Å². The topological polar surface area (TPSA) is 85.9 Å². The maximum Gasteiger partial charge on any atom is 0.214 e. The predicted octanol–water partition coefficient (Wildman–Crippen LogP) is 4.96. The molecule has 0 atom stereocenters. The van der Waals surface area contributed by atoms with Gasteiger partial charge >= 0.3 is 0 Å². The monoisotopic (exact) mass is 394 g/mol. The van der Waals surface area contributed by atoms with E-state index >= 15 is 0 Å². The van der Waals surface area contributed by atoms with Crippen molar-refractivity contribution in [3.63, 3.8) is 0 Å². The maximum absolute atomic E-state index is 13.0. The Morgan fingerprint density at radius 2 is 1.60 bits per heavy atom. The van der Waals surface area contributed by atoms with E-state index in [1.807, 2.05) is 84.9 Å². The summed E-state index contributed by atoms with van der Waals surface area (Å²) in [6.07, 6.45) is 1.50. The molecule has 6 nitrogen and oxygen atoms in total. The zero-order valence-electron chi connectivity index (χ0n) is 15.9. The summed E-state index contributed by atoms with van der Waals surface area (Å²) in [5.41, 5.74) is 8.74. The van der Waals surface area contributed by atoms with E-state index < -0.39 is 0 Å². The predicted molar refractivity (Wildman–Crippen MR) is 116 cm³/mol. The first kappa shape index (κ1) is 17.8. The number of aromatic nitrogens is 3. The number of aromatic amines is 1. The first-order chi connectivity index (χ1) is 14.7. The third kappa shape index (κ3) is 3.20. The van der Waals surface area contributed by atoms with Gasteiger partial charge < -0.3 is 15.5 Å². The zero-order chi connectivity index (χ0) is 20.5. The van der Waals surface area contributed by atoms with Crippen molar-refractivity contribution >= 4 is 22.5 Å². The van der Waals surface area contributed by atoms with Gasteiger partial charge in [-0.1, -0.05) is 36.4 Å². The molecule has 0 saturated carbocycles. The van der Waals surface area contributed by atoms with Gasteiger partial charge in [0, 0.05) is 10.9 Å². The van der Waals surface area contributed by atoms with Gasteiger partial charge in [-0.2, -0.15) is 5.10 Å². The van der Waals surface area contributed by atoms with E-state index in [1.165, 1.54) is 6.20 Å². The lowest BCUT2D eigenvalue weighted by molar-refractivity contribution is 0.103. The Labute approximate surface area is 172 Å². The van der Waals surface area contributed by atoms with E-state index in [-0.39, 0.29) is 11.6 Å². The number of nitrogens with two attached hydrogens (primary N) is 1. The van der Waals surface area contributed by atoms with Crippen LogP contribution in [0.15, 0.2) is 91.1 Å². The summed E-state index contributed by atoms with van der Waals surface area (Å²) in [5, 5.41) is 5.29. The molecule has 6 heteroatoms. The van der Waals surface area contributed by atoms with Crippen molar-refractivity contribution in [2.45, 2.75) is 0 Å². The number of H-pyrrole nitrogens is 1. The molecule has 0 radical (unpaired) electrons. The summed E-state index contributed by atoms with van der Waals surface area (Å²) in [6, 6.07) is 26.5. The summed E-state index contributed by atoms with van der Waals surface area (Å²) in [6.45, 7) is 0. The molecular formula is C24H18N4O2. The molecule has 3 aromatic carbocycles. The van der Waals surface area contributed by atoms with Gasteiger partial charge in [0.1, 0.15) is 17.3 Å². The van der Waals surface area contributed by atoms with Gasteiger partial charge in [-0.05, 0) is 48.5 Å². The van der Waals surface area contributed by atoms with Crippen molar-refractivity contribution < 1.29 is 9.53 Å². The largest absolute Gasteiger partial charge is 0.457 e. The summed E-state index contributed by atoms with van der Waals surface area (Å²) >= 11 is 0. The van der Waals surface area contributed by atoms with Crippen LogP contribution in [0.3, 0.4) is 0 Å². The van der Waals surface area contributed by atoms with E-state index in [9.17, 15) is 4.79 Å². The first-order valence-electron chi connectivity index (χ1n) is 9.48. The highest BCUT2D eigenvalue weighted by atomic mass is 16.5. The van der Waals surface area contributed by atoms with E-state index in [2.05, 4.69) is 10.1 Å². The van der Waals surface area contributed by atoms with Crippen molar-refractivity contribution in [1.82, 2.24) is 14.8 Å². The van der Waals surface area contributed by atoms with E-state index in [0.29, 0.717) is 17.0 Å². The molecule has 0 aliphatic rings. The lowest BCUT2D eigenvalue weighted by Gasteiger charge is -2.08. The SMILES string of the molecule is Nc1c(C(=O)c2cc3ccccc3[nH]2)cnn1-c1ccc(Oc2ccccc2)cc1. The van der Waals surface area contributed by atoms with Gasteiger partial charge in [-0.25, -0.2) is 4.68 Å². The molecule has 30 heavy (non-hydrogen) atoms. The second-order valence-electron chi connectivity index (χ2n) is 6.86. The van der Waals surface area contributed by atoms with Crippen molar-refractivity contribution in [3.8, 4) is 17.2 Å². The summed E-state index contributed by atoms with van der Waals surface area (Å²) in [5.74, 6) is 1.55. The van der Waals surface area contributed by atoms with Crippen LogP contribution in [0.1, 0.15) is 16.1 Å². The fraction of sp³-hybridized carbons (Fsp3) is 0. The normalized spacial score (nSPS) is 10.9. The molecule has 0 saturated heterocycles. The fourth-order valence-corrected chi connectivity index (χ4v) is 3.36. The number of nitrogens with zero attached hydrogens (tertiary/aromatic N) is 2. The Kier molecular flexibility index (Phi) is 4.29. The molecule has 0 amide bonds. The zero-order valence-corrected chi connectivity index (χ0v) is 15.9. The molecule has 0 aliphatic carbocycles. The number of rotatable bonds is 5. The molecule has 3 N–H and O–H groups in total. The molecule has 5 aromatic rings. The smallest absolute Gasteiger partial charge is 0.214 e. The number of anilines is 1. The average molecular weight is 394 g/mol. The van der Waals surface area contributed by atoms with Crippen LogP contribution < -0.4 is 10.5 Å². The minimum absolute atomic E-state index is 0.195. The molecule has 2 aromatic heterocycles. The second-order valence-corrected chi connectivity index (χ2v) is 6.86. The highest BCUT2D eigenvalue weighted by molar-refractivity contribution is 6.12. The standard InChI is InChI=1S/C24H18N4O2/c25-24-20(23(29)22-14-16-6-4-5-9-21(16)27-22)15-26-28(24)17-10-12-19(13-11-17)30-18-7-2-1-3-8-18/h1-15,27H,25H2. The van der Waals surface area contributed by atoms with Crippen LogP contribution in [0, 0.1) is 0 Å². The van der Waals surface area contributed by atoms with Gasteiger partial charge in [0.2, 0.25) is 5.78 Å². The van der Waals surface area contributed by atoms with Crippen LogP contribution in [0.25, 0.3) is 16.6 Å². The van der Waals surface area contributed by atoms with E-state index in [0.717, 1.165) is 22.3 Å². The highest BCUT2D eigenvalue weighted by Gasteiger charge is 2.19. The fourth-order valence-electron chi connectivity index (χ4n) is 3.36. The number of nitrogens with one attached hydrogen (secondary N) is 1. The van der Waals surface area contributed by atoms with Crippen molar-refractivity contribution in [3.05, 3.63) is 102 Å². The average Bonchev–Trinajstić information content (AvgIpc) is 3.38. The molecule has 0 aliphatic heterocycles. The van der Waals surface area contributed by atoms with Crippen LogP contribution >= 0.6 is 0 Å². The van der Waals surface area contributed by atoms with Gasteiger partial charge in [-0.15, -0.1) is 0 Å².